The minimum Gasteiger partial charge on any atom is -0.385 e. The molecule has 6 heteroatoms. The number of benzene rings is 1. The Morgan fingerprint density at radius 2 is 1.94 bits per heavy atom. The van der Waals surface area contributed by atoms with Gasteiger partial charge >= 0.3 is 0 Å². The van der Waals surface area contributed by atoms with E-state index in [1.807, 2.05) is 0 Å². The quantitative estimate of drug-likeness (QED) is 0.817. The standard InChI is InChI=1S/C11H12BrF2NO2/c12-5-7-1-3-8(4-2-7)11(17)15-6-9(16)10(13)14/h1-4,9-10,16H,5-6H2,(H,15,17). The molecular weight excluding hydrogens is 296 g/mol. The molecule has 1 aromatic carbocycles. The number of aliphatic hydroxyl groups excluding tert-OH is 1. The van der Waals surface area contributed by atoms with E-state index in [9.17, 15) is 13.6 Å². The molecule has 17 heavy (non-hydrogen) atoms. The van der Waals surface area contributed by atoms with Gasteiger partial charge in [-0.1, -0.05) is 28.1 Å². The van der Waals surface area contributed by atoms with Gasteiger partial charge in [-0.15, -0.1) is 0 Å². The van der Waals surface area contributed by atoms with Crippen LogP contribution in [0.25, 0.3) is 0 Å². The van der Waals surface area contributed by atoms with Crippen LogP contribution >= 0.6 is 15.9 Å². The number of hydrogen-bond acceptors (Lipinski definition) is 2. The lowest BCUT2D eigenvalue weighted by atomic mass is 10.1. The highest BCUT2D eigenvalue weighted by atomic mass is 79.9. The van der Waals surface area contributed by atoms with Crippen molar-refractivity contribution in [2.75, 3.05) is 6.54 Å². The molecular formula is C11H12BrF2NO2. The van der Waals surface area contributed by atoms with Gasteiger partial charge < -0.3 is 10.4 Å². The topological polar surface area (TPSA) is 49.3 Å². The van der Waals surface area contributed by atoms with Crippen molar-refractivity contribution in [3.05, 3.63) is 35.4 Å². The summed E-state index contributed by atoms with van der Waals surface area (Å²) in [4.78, 5) is 11.5. The predicted octanol–water partition coefficient (Wildman–Crippen LogP) is 1.94. The van der Waals surface area contributed by atoms with Crippen LogP contribution < -0.4 is 5.32 Å². The maximum Gasteiger partial charge on any atom is 0.265 e. The van der Waals surface area contributed by atoms with Crippen molar-refractivity contribution in [1.82, 2.24) is 5.32 Å². The van der Waals surface area contributed by atoms with Gasteiger partial charge in [0.05, 0.1) is 0 Å². The smallest absolute Gasteiger partial charge is 0.265 e. The number of alkyl halides is 3. The third-order valence-corrected chi connectivity index (χ3v) is 2.78. The summed E-state index contributed by atoms with van der Waals surface area (Å²) in [7, 11) is 0. The summed E-state index contributed by atoms with van der Waals surface area (Å²) in [5, 5.41) is 11.7. The second-order valence-electron chi connectivity index (χ2n) is 3.44. The van der Waals surface area contributed by atoms with Crippen LogP contribution in [0.3, 0.4) is 0 Å². The van der Waals surface area contributed by atoms with Crippen LogP contribution in [0.2, 0.25) is 0 Å². The molecule has 0 aliphatic rings. The Kier molecular flexibility index (Phi) is 5.50. The second kappa shape index (κ2) is 6.66. The minimum absolute atomic E-state index is 0.371. The van der Waals surface area contributed by atoms with Gasteiger partial charge in [0.1, 0.15) is 6.10 Å². The predicted molar refractivity (Wildman–Crippen MR) is 63.4 cm³/mol. The lowest BCUT2D eigenvalue weighted by molar-refractivity contribution is -0.00270. The van der Waals surface area contributed by atoms with E-state index in [2.05, 4.69) is 21.2 Å². The normalized spacial score (nSPS) is 12.5. The molecule has 0 aliphatic carbocycles. The van der Waals surface area contributed by atoms with E-state index in [0.29, 0.717) is 10.9 Å². The third-order valence-electron chi connectivity index (χ3n) is 2.13. The average Bonchev–Trinajstić information content (AvgIpc) is 2.35. The monoisotopic (exact) mass is 307 g/mol. The Labute approximate surface area is 106 Å². The number of halogens is 3. The Morgan fingerprint density at radius 3 is 2.41 bits per heavy atom. The summed E-state index contributed by atoms with van der Waals surface area (Å²) in [6.07, 6.45) is -4.69. The summed E-state index contributed by atoms with van der Waals surface area (Å²) >= 11 is 3.27. The number of amides is 1. The van der Waals surface area contributed by atoms with E-state index in [0.717, 1.165) is 5.56 Å². The Morgan fingerprint density at radius 1 is 1.35 bits per heavy atom. The highest BCUT2D eigenvalue weighted by molar-refractivity contribution is 9.08. The number of rotatable bonds is 5. The average molecular weight is 308 g/mol. The molecule has 0 saturated heterocycles. The minimum atomic E-state index is -2.86. The molecule has 0 aromatic heterocycles. The van der Waals surface area contributed by atoms with Gasteiger partial charge in [0.25, 0.3) is 12.3 Å². The van der Waals surface area contributed by atoms with Crippen molar-refractivity contribution in [2.24, 2.45) is 0 Å². The van der Waals surface area contributed by atoms with Crippen LogP contribution in [-0.4, -0.2) is 30.1 Å². The molecule has 1 amide bonds. The van der Waals surface area contributed by atoms with Gasteiger partial charge in [-0.05, 0) is 17.7 Å². The van der Waals surface area contributed by atoms with Crippen LogP contribution in [0.1, 0.15) is 15.9 Å². The largest absolute Gasteiger partial charge is 0.385 e. The first-order valence-electron chi connectivity index (χ1n) is 4.94. The van der Waals surface area contributed by atoms with Crippen molar-refractivity contribution in [3.63, 3.8) is 0 Å². The molecule has 0 fully saturated rings. The highest BCUT2D eigenvalue weighted by Crippen LogP contribution is 2.08. The molecule has 0 saturated carbocycles. The zero-order valence-corrected chi connectivity index (χ0v) is 10.5. The molecule has 0 heterocycles. The van der Waals surface area contributed by atoms with Crippen molar-refractivity contribution in [2.45, 2.75) is 17.9 Å². The highest BCUT2D eigenvalue weighted by Gasteiger charge is 2.17. The molecule has 0 bridgehead atoms. The van der Waals surface area contributed by atoms with E-state index in [4.69, 9.17) is 5.11 Å². The van der Waals surface area contributed by atoms with Crippen molar-refractivity contribution < 1.29 is 18.7 Å². The second-order valence-corrected chi connectivity index (χ2v) is 4.00. The van der Waals surface area contributed by atoms with Crippen LogP contribution in [0.4, 0.5) is 8.78 Å². The zero-order valence-electron chi connectivity index (χ0n) is 8.87. The van der Waals surface area contributed by atoms with E-state index in [-0.39, 0.29) is 0 Å². The van der Waals surface area contributed by atoms with Gasteiger partial charge in [0, 0.05) is 17.4 Å². The molecule has 0 aliphatic heterocycles. The Bertz CT molecular complexity index is 370. The molecule has 1 atom stereocenters. The van der Waals surface area contributed by atoms with E-state index in [1.54, 1.807) is 24.3 Å². The van der Waals surface area contributed by atoms with Gasteiger partial charge in [0.2, 0.25) is 0 Å². The molecule has 1 unspecified atom stereocenters. The summed E-state index contributed by atoms with van der Waals surface area (Å²) in [6.45, 7) is -0.462. The van der Waals surface area contributed by atoms with Crippen LogP contribution in [0.5, 0.6) is 0 Å². The van der Waals surface area contributed by atoms with Crippen molar-refractivity contribution in [3.8, 4) is 0 Å². The Hall–Kier alpha value is -1.01. The van der Waals surface area contributed by atoms with Gasteiger partial charge in [0.15, 0.2) is 0 Å². The van der Waals surface area contributed by atoms with Crippen LogP contribution in [0, 0.1) is 0 Å². The van der Waals surface area contributed by atoms with E-state index >= 15 is 0 Å². The van der Waals surface area contributed by atoms with Gasteiger partial charge in [-0.25, -0.2) is 8.78 Å². The Balaban J connectivity index is 2.52. The van der Waals surface area contributed by atoms with Crippen LogP contribution in [-0.2, 0) is 5.33 Å². The number of carbonyl (C=O) groups excluding carboxylic acids is 1. The summed E-state index contributed by atoms with van der Waals surface area (Å²) < 4.78 is 23.9. The lowest BCUT2D eigenvalue weighted by Crippen LogP contribution is -2.35. The van der Waals surface area contributed by atoms with Crippen molar-refractivity contribution >= 4 is 21.8 Å². The molecule has 1 rings (SSSR count). The fraction of sp³-hybridized carbons (Fsp3) is 0.364. The molecule has 2 N–H and O–H groups in total. The fourth-order valence-electron chi connectivity index (χ4n) is 1.13. The molecule has 0 spiro atoms. The summed E-state index contributed by atoms with van der Waals surface area (Å²) in [6, 6.07) is 6.71. The van der Waals surface area contributed by atoms with Gasteiger partial charge in [-0.3, -0.25) is 4.79 Å². The lowest BCUT2D eigenvalue weighted by Gasteiger charge is -2.10. The van der Waals surface area contributed by atoms with Crippen LogP contribution in [0.15, 0.2) is 24.3 Å². The summed E-state index contributed by atoms with van der Waals surface area (Å²) in [5.74, 6) is -0.481. The first-order chi connectivity index (χ1) is 8.04. The number of hydrogen-bond donors (Lipinski definition) is 2. The maximum atomic E-state index is 12.0. The maximum absolute atomic E-state index is 12.0. The molecule has 0 radical (unpaired) electrons. The van der Waals surface area contributed by atoms with Gasteiger partial charge in [-0.2, -0.15) is 0 Å². The fourth-order valence-corrected chi connectivity index (χ4v) is 1.51. The number of carbonyl (C=O) groups is 1. The SMILES string of the molecule is O=C(NCC(O)C(F)F)c1ccc(CBr)cc1. The zero-order chi connectivity index (χ0) is 12.8. The molecule has 3 nitrogen and oxygen atoms in total. The third kappa shape index (κ3) is 4.40. The number of aliphatic hydroxyl groups is 1. The van der Waals surface area contributed by atoms with Crippen molar-refractivity contribution in [1.29, 1.82) is 0 Å². The molecule has 94 valence electrons. The first kappa shape index (κ1) is 14.1. The molecule has 1 aromatic rings. The first-order valence-corrected chi connectivity index (χ1v) is 6.06. The number of nitrogens with one attached hydrogen (secondary N) is 1. The van der Waals surface area contributed by atoms with E-state index in [1.165, 1.54) is 0 Å². The van der Waals surface area contributed by atoms with E-state index < -0.39 is 25.0 Å². The summed E-state index contributed by atoms with van der Waals surface area (Å²) in [5.41, 5.74) is 1.38.